The van der Waals surface area contributed by atoms with Crippen LogP contribution < -0.4 is 4.72 Å². The van der Waals surface area contributed by atoms with Crippen LogP contribution in [0.25, 0.3) is 0 Å². The van der Waals surface area contributed by atoms with Crippen LogP contribution >= 0.6 is 11.8 Å². The van der Waals surface area contributed by atoms with Gasteiger partial charge in [0, 0.05) is 12.3 Å². The summed E-state index contributed by atoms with van der Waals surface area (Å²) in [4.78, 5) is -0.0415. The second-order valence-electron chi connectivity index (χ2n) is 7.82. The van der Waals surface area contributed by atoms with E-state index in [-0.39, 0.29) is 10.7 Å². The maximum atomic E-state index is 13.5. The van der Waals surface area contributed by atoms with Gasteiger partial charge in [-0.05, 0) is 60.9 Å². The lowest BCUT2D eigenvalue weighted by Gasteiger charge is -2.19. The molecule has 0 aliphatic heterocycles. The zero-order chi connectivity index (χ0) is 24.8. The Kier molecular flexibility index (Phi) is 7.94. The molecule has 1 unspecified atom stereocenters. The van der Waals surface area contributed by atoms with Gasteiger partial charge in [-0.25, -0.2) is 21.9 Å². The van der Waals surface area contributed by atoms with Crippen molar-refractivity contribution in [1.29, 1.82) is 0 Å². The summed E-state index contributed by atoms with van der Waals surface area (Å²) in [6, 6.07) is 19.8. The van der Waals surface area contributed by atoms with E-state index in [2.05, 4.69) is 14.9 Å². The Morgan fingerprint density at radius 2 is 1.63 bits per heavy atom. The number of nitrogens with zero attached hydrogens (tertiary/aromatic N) is 3. The quantitative estimate of drug-likeness (QED) is 0.297. The first kappa shape index (κ1) is 25.0. The van der Waals surface area contributed by atoms with Gasteiger partial charge in [0.05, 0.1) is 10.9 Å². The number of hydrogen-bond donors (Lipinski definition) is 1. The number of sulfonamides is 1. The summed E-state index contributed by atoms with van der Waals surface area (Å²) in [5.41, 5.74) is 1.72. The summed E-state index contributed by atoms with van der Waals surface area (Å²) in [5, 5.41) is 9.24. The Hall–Kier alpha value is -3.08. The number of thioether (sulfide) groups is 1. The Balaban J connectivity index is 1.64. The van der Waals surface area contributed by atoms with E-state index in [4.69, 9.17) is 0 Å². The van der Waals surface area contributed by atoms with E-state index in [0.29, 0.717) is 29.7 Å². The molecule has 0 saturated carbocycles. The SMILES string of the molecule is CCn1c(SCc2cccc(F)c2)nnc1C(Cc1ccccc1)NS(=O)(=O)c1ccc(F)cc1. The summed E-state index contributed by atoms with van der Waals surface area (Å²) in [6.45, 7) is 2.44. The van der Waals surface area contributed by atoms with Crippen LogP contribution in [0.1, 0.15) is 29.9 Å². The lowest BCUT2D eigenvalue weighted by Crippen LogP contribution is -2.32. The van der Waals surface area contributed by atoms with E-state index < -0.39 is 21.9 Å². The molecule has 0 fully saturated rings. The second-order valence-corrected chi connectivity index (χ2v) is 10.5. The predicted octanol–water partition coefficient (Wildman–Crippen LogP) is 5.13. The third-order valence-electron chi connectivity index (χ3n) is 5.33. The highest BCUT2D eigenvalue weighted by Gasteiger charge is 2.27. The van der Waals surface area contributed by atoms with Crippen LogP contribution in [-0.2, 0) is 28.7 Å². The number of rotatable bonds is 10. The molecule has 1 aromatic heterocycles. The zero-order valence-electron chi connectivity index (χ0n) is 18.9. The van der Waals surface area contributed by atoms with E-state index in [1.807, 2.05) is 47.9 Å². The summed E-state index contributed by atoms with van der Waals surface area (Å²) >= 11 is 1.40. The van der Waals surface area contributed by atoms with E-state index >= 15 is 0 Å². The van der Waals surface area contributed by atoms with Gasteiger partial charge in [0.15, 0.2) is 11.0 Å². The van der Waals surface area contributed by atoms with Crippen molar-refractivity contribution in [2.45, 2.75) is 41.7 Å². The van der Waals surface area contributed by atoms with Crippen molar-refractivity contribution < 1.29 is 17.2 Å². The normalized spacial score (nSPS) is 12.5. The van der Waals surface area contributed by atoms with Gasteiger partial charge in [-0.15, -0.1) is 10.2 Å². The van der Waals surface area contributed by atoms with Crippen LogP contribution in [0, 0.1) is 11.6 Å². The summed E-state index contributed by atoms with van der Waals surface area (Å²) in [7, 11) is -3.97. The highest BCUT2D eigenvalue weighted by atomic mass is 32.2. The Morgan fingerprint density at radius 3 is 2.31 bits per heavy atom. The highest BCUT2D eigenvalue weighted by Crippen LogP contribution is 2.27. The second kappa shape index (κ2) is 11.1. The first-order valence-corrected chi connectivity index (χ1v) is 13.4. The minimum Gasteiger partial charge on any atom is -0.305 e. The van der Waals surface area contributed by atoms with Gasteiger partial charge < -0.3 is 4.57 Å². The van der Waals surface area contributed by atoms with Crippen molar-refractivity contribution in [3.63, 3.8) is 0 Å². The molecule has 0 aliphatic rings. The molecule has 4 aromatic rings. The fourth-order valence-electron chi connectivity index (χ4n) is 3.64. The van der Waals surface area contributed by atoms with Crippen LogP contribution in [0.5, 0.6) is 0 Å². The number of halogens is 2. The van der Waals surface area contributed by atoms with Crippen LogP contribution in [0.3, 0.4) is 0 Å². The molecule has 0 bridgehead atoms. The Morgan fingerprint density at radius 1 is 0.914 bits per heavy atom. The van der Waals surface area contributed by atoms with Crippen molar-refractivity contribution in [1.82, 2.24) is 19.5 Å². The fourth-order valence-corrected chi connectivity index (χ4v) is 5.79. The van der Waals surface area contributed by atoms with Crippen LogP contribution in [0.4, 0.5) is 8.78 Å². The first-order chi connectivity index (χ1) is 16.9. The number of aromatic nitrogens is 3. The minimum absolute atomic E-state index is 0.0415. The molecule has 0 spiro atoms. The monoisotopic (exact) mass is 514 g/mol. The van der Waals surface area contributed by atoms with Crippen molar-refractivity contribution in [2.75, 3.05) is 0 Å². The molecule has 182 valence electrons. The average molecular weight is 515 g/mol. The van der Waals surface area contributed by atoms with Crippen molar-refractivity contribution in [3.8, 4) is 0 Å². The number of nitrogens with one attached hydrogen (secondary N) is 1. The molecule has 0 amide bonds. The largest absolute Gasteiger partial charge is 0.305 e. The Labute approximate surface area is 207 Å². The molecular formula is C25H24F2N4O2S2. The van der Waals surface area contributed by atoms with Crippen molar-refractivity contribution >= 4 is 21.8 Å². The van der Waals surface area contributed by atoms with E-state index in [1.54, 1.807) is 6.07 Å². The van der Waals surface area contributed by atoms with Gasteiger partial charge >= 0.3 is 0 Å². The molecule has 0 aliphatic carbocycles. The molecule has 10 heteroatoms. The van der Waals surface area contributed by atoms with Gasteiger partial charge in [-0.1, -0.05) is 54.2 Å². The molecule has 3 aromatic carbocycles. The van der Waals surface area contributed by atoms with Crippen LogP contribution in [-0.4, -0.2) is 23.2 Å². The lowest BCUT2D eigenvalue weighted by atomic mass is 10.1. The van der Waals surface area contributed by atoms with E-state index in [9.17, 15) is 17.2 Å². The molecule has 1 atom stereocenters. The standard InChI is InChI=1S/C25H24F2N4O2S2/c1-2-31-24(28-29-25(31)34-17-19-9-6-10-21(27)15-19)23(16-18-7-4-3-5-8-18)30-35(32,33)22-13-11-20(26)12-14-22/h3-15,23,30H,2,16-17H2,1H3. The molecule has 0 radical (unpaired) electrons. The van der Waals surface area contributed by atoms with Crippen LogP contribution in [0.15, 0.2) is 88.9 Å². The fraction of sp³-hybridized carbons (Fsp3) is 0.200. The van der Waals surface area contributed by atoms with Crippen LogP contribution in [0.2, 0.25) is 0 Å². The van der Waals surface area contributed by atoms with Gasteiger partial charge in [0.25, 0.3) is 0 Å². The topological polar surface area (TPSA) is 76.9 Å². The van der Waals surface area contributed by atoms with E-state index in [0.717, 1.165) is 23.3 Å². The highest BCUT2D eigenvalue weighted by molar-refractivity contribution is 7.98. The van der Waals surface area contributed by atoms with Crippen molar-refractivity contribution in [2.24, 2.45) is 0 Å². The van der Waals surface area contributed by atoms with Gasteiger partial charge in [0.2, 0.25) is 10.0 Å². The van der Waals surface area contributed by atoms with Gasteiger partial charge in [-0.2, -0.15) is 0 Å². The smallest absolute Gasteiger partial charge is 0.241 e. The number of benzene rings is 3. The molecule has 1 heterocycles. The minimum atomic E-state index is -3.97. The molecular weight excluding hydrogens is 490 g/mol. The average Bonchev–Trinajstić information content (AvgIpc) is 3.26. The molecule has 0 saturated heterocycles. The third-order valence-corrected chi connectivity index (χ3v) is 7.86. The molecule has 1 N–H and O–H groups in total. The van der Waals surface area contributed by atoms with Gasteiger partial charge in [-0.3, -0.25) is 0 Å². The van der Waals surface area contributed by atoms with Crippen molar-refractivity contribution in [3.05, 3.63) is 107 Å². The number of hydrogen-bond acceptors (Lipinski definition) is 5. The predicted molar refractivity (Wildman–Crippen MR) is 131 cm³/mol. The van der Waals surface area contributed by atoms with E-state index in [1.165, 1.54) is 36.0 Å². The maximum Gasteiger partial charge on any atom is 0.241 e. The summed E-state index contributed by atoms with van der Waals surface area (Å²) < 4.78 is 57.7. The first-order valence-electron chi connectivity index (χ1n) is 11.0. The van der Waals surface area contributed by atoms with Gasteiger partial charge in [0.1, 0.15) is 11.6 Å². The molecule has 4 rings (SSSR count). The lowest BCUT2D eigenvalue weighted by molar-refractivity contribution is 0.517. The Bertz CT molecular complexity index is 1380. The summed E-state index contributed by atoms with van der Waals surface area (Å²) in [6.07, 6.45) is 0.341. The third kappa shape index (κ3) is 6.33. The summed E-state index contributed by atoms with van der Waals surface area (Å²) in [5.74, 6) is 0.124. The molecule has 6 nitrogen and oxygen atoms in total. The zero-order valence-corrected chi connectivity index (χ0v) is 20.6. The maximum absolute atomic E-state index is 13.5. The molecule has 35 heavy (non-hydrogen) atoms.